The predicted molar refractivity (Wildman–Crippen MR) is 68.4 cm³/mol. The molecule has 1 heteroatoms. The van der Waals surface area contributed by atoms with Crippen molar-refractivity contribution in [3.63, 3.8) is 0 Å². The molecular weight excluding hydrogens is 196 g/mol. The third-order valence-electron chi connectivity index (χ3n) is 2.95. The van der Waals surface area contributed by atoms with Crippen molar-refractivity contribution in [1.82, 2.24) is 0 Å². The maximum absolute atomic E-state index is 11.3. The minimum absolute atomic E-state index is 0.322. The number of hydrogen-bond acceptors (Lipinski definition) is 1. The second-order valence-electron chi connectivity index (χ2n) is 4.18. The molecule has 1 nitrogen and oxygen atoms in total. The van der Waals surface area contributed by atoms with Gasteiger partial charge in [0.05, 0.1) is 0 Å². The summed E-state index contributed by atoms with van der Waals surface area (Å²) in [5.41, 5.74) is 0.898. The van der Waals surface area contributed by atoms with Crippen molar-refractivity contribution in [2.45, 2.75) is 33.1 Å². The third-order valence-corrected chi connectivity index (χ3v) is 2.95. The van der Waals surface area contributed by atoms with Crippen molar-refractivity contribution in [2.24, 2.45) is 5.41 Å². The summed E-state index contributed by atoms with van der Waals surface area (Å²) in [6, 6.07) is 10.2. The van der Waals surface area contributed by atoms with Crippen LogP contribution in [0.25, 0.3) is 0 Å². The zero-order valence-electron chi connectivity index (χ0n) is 10.1. The Kier molecular flexibility index (Phi) is 4.97. The molecule has 0 spiro atoms. The van der Waals surface area contributed by atoms with Crippen LogP contribution in [0.4, 0.5) is 0 Å². The lowest BCUT2D eigenvalue weighted by Crippen LogP contribution is -2.22. The molecule has 1 atom stereocenters. The van der Waals surface area contributed by atoms with Gasteiger partial charge in [0.1, 0.15) is 6.29 Å². The Bertz CT molecular complexity index is 340. The highest BCUT2D eigenvalue weighted by Gasteiger charge is 2.24. The predicted octanol–water partition coefficient (Wildman–Crippen LogP) is 3.79. The van der Waals surface area contributed by atoms with Gasteiger partial charge in [-0.15, -0.1) is 0 Å². The SMILES string of the molecule is CCC=CC(C=O)(CC)Cc1ccccc1. The Morgan fingerprint density at radius 2 is 1.88 bits per heavy atom. The van der Waals surface area contributed by atoms with Crippen LogP contribution in [0.5, 0.6) is 0 Å². The molecular formula is C15H20O. The van der Waals surface area contributed by atoms with Crippen LogP contribution >= 0.6 is 0 Å². The van der Waals surface area contributed by atoms with Gasteiger partial charge in [-0.25, -0.2) is 0 Å². The Labute approximate surface area is 98.2 Å². The van der Waals surface area contributed by atoms with Gasteiger partial charge in [-0.1, -0.05) is 56.3 Å². The van der Waals surface area contributed by atoms with Gasteiger partial charge < -0.3 is 4.79 Å². The van der Waals surface area contributed by atoms with Crippen LogP contribution in [0.15, 0.2) is 42.5 Å². The van der Waals surface area contributed by atoms with Crippen molar-refractivity contribution in [1.29, 1.82) is 0 Å². The van der Waals surface area contributed by atoms with E-state index in [1.807, 2.05) is 18.2 Å². The van der Waals surface area contributed by atoms with E-state index in [1.54, 1.807) is 0 Å². The summed E-state index contributed by atoms with van der Waals surface area (Å²) in [7, 11) is 0. The largest absolute Gasteiger partial charge is 0.302 e. The van der Waals surface area contributed by atoms with Gasteiger partial charge in [-0.2, -0.15) is 0 Å². The molecule has 0 aliphatic rings. The summed E-state index contributed by atoms with van der Waals surface area (Å²) in [4.78, 5) is 11.3. The molecule has 0 heterocycles. The van der Waals surface area contributed by atoms with Crippen LogP contribution < -0.4 is 0 Å². The van der Waals surface area contributed by atoms with Crippen molar-refractivity contribution in [3.05, 3.63) is 48.0 Å². The van der Waals surface area contributed by atoms with Gasteiger partial charge in [-0.3, -0.25) is 0 Å². The van der Waals surface area contributed by atoms with Gasteiger partial charge in [0.15, 0.2) is 0 Å². The molecule has 0 fully saturated rings. The van der Waals surface area contributed by atoms with E-state index in [4.69, 9.17) is 0 Å². The highest BCUT2D eigenvalue weighted by atomic mass is 16.1. The van der Waals surface area contributed by atoms with E-state index in [2.05, 4.69) is 38.1 Å². The Morgan fingerprint density at radius 1 is 1.19 bits per heavy atom. The first-order chi connectivity index (χ1) is 7.76. The van der Waals surface area contributed by atoms with Gasteiger partial charge in [0.2, 0.25) is 0 Å². The number of hydrogen-bond donors (Lipinski definition) is 0. The number of carbonyl (C=O) groups is 1. The first-order valence-electron chi connectivity index (χ1n) is 5.94. The van der Waals surface area contributed by atoms with Crippen molar-refractivity contribution in [2.75, 3.05) is 0 Å². The average Bonchev–Trinajstić information content (AvgIpc) is 2.36. The normalized spacial score (nSPS) is 14.9. The summed E-state index contributed by atoms with van der Waals surface area (Å²) in [5.74, 6) is 0. The lowest BCUT2D eigenvalue weighted by molar-refractivity contribution is -0.114. The molecule has 1 unspecified atom stereocenters. The first-order valence-corrected chi connectivity index (χ1v) is 5.94. The first kappa shape index (κ1) is 12.7. The second kappa shape index (κ2) is 6.26. The molecule has 0 radical (unpaired) electrons. The monoisotopic (exact) mass is 216 g/mol. The van der Waals surface area contributed by atoms with E-state index < -0.39 is 0 Å². The van der Waals surface area contributed by atoms with Gasteiger partial charge in [0.25, 0.3) is 0 Å². The van der Waals surface area contributed by atoms with Crippen molar-refractivity contribution >= 4 is 6.29 Å². The van der Waals surface area contributed by atoms with Crippen molar-refractivity contribution < 1.29 is 4.79 Å². The van der Waals surface area contributed by atoms with Crippen LogP contribution in [0.3, 0.4) is 0 Å². The zero-order chi connectivity index (χ0) is 11.9. The molecule has 0 aliphatic heterocycles. The molecule has 16 heavy (non-hydrogen) atoms. The summed E-state index contributed by atoms with van der Waals surface area (Å²) >= 11 is 0. The van der Waals surface area contributed by atoms with E-state index in [0.717, 1.165) is 25.5 Å². The number of benzene rings is 1. The highest BCUT2D eigenvalue weighted by molar-refractivity contribution is 5.63. The van der Waals surface area contributed by atoms with Crippen LogP contribution in [0.1, 0.15) is 32.3 Å². The topological polar surface area (TPSA) is 17.1 Å². The summed E-state index contributed by atoms with van der Waals surface area (Å²) in [5, 5.41) is 0. The average molecular weight is 216 g/mol. The molecule has 0 aromatic heterocycles. The molecule has 1 aromatic carbocycles. The van der Waals surface area contributed by atoms with Crippen molar-refractivity contribution in [3.8, 4) is 0 Å². The van der Waals surface area contributed by atoms with Gasteiger partial charge in [-0.05, 0) is 24.8 Å². The number of carbonyl (C=O) groups excluding carboxylic acids is 1. The van der Waals surface area contributed by atoms with E-state index in [9.17, 15) is 4.79 Å². The Morgan fingerprint density at radius 3 is 2.38 bits per heavy atom. The molecule has 0 amide bonds. The quantitative estimate of drug-likeness (QED) is 0.522. The Hall–Kier alpha value is -1.37. The van der Waals surface area contributed by atoms with Crippen LogP contribution in [-0.2, 0) is 11.2 Å². The number of rotatable bonds is 6. The van der Waals surface area contributed by atoms with Crippen LogP contribution in [0.2, 0.25) is 0 Å². The minimum Gasteiger partial charge on any atom is -0.302 e. The van der Waals surface area contributed by atoms with E-state index in [-0.39, 0.29) is 5.41 Å². The minimum atomic E-state index is -0.322. The van der Waals surface area contributed by atoms with Crippen LogP contribution in [-0.4, -0.2) is 6.29 Å². The molecule has 0 saturated heterocycles. The number of allylic oxidation sites excluding steroid dienone is 2. The molecule has 0 bridgehead atoms. The molecule has 0 N–H and O–H groups in total. The Balaban J connectivity index is 2.86. The highest BCUT2D eigenvalue weighted by Crippen LogP contribution is 2.26. The second-order valence-corrected chi connectivity index (χ2v) is 4.18. The standard InChI is InChI=1S/C15H20O/c1-3-5-11-15(4-2,13-16)12-14-9-7-6-8-10-14/h5-11,13H,3-4,12H2,1-2H3. The molecule has 0 saturated carbocycles. The fourth-order valence-corrected chi connectivity index (χ4v) is 1.79. The number of aldehydes is 1. The lowest BCUT2D eigenvalue weighted by atomic mass is 9.80. The van der Waals surface area contributed by atoms with E-state index >= 15 is 0 Å². The summed E-state index contributed by atoms with van der Waals surface area (Å²) < 4.78 is 0. The maximum atomic E-state index is 11.3. The third kappa shape index (κ3) is 3.34. The summed E-state index contributed by atoms with van der Waals surface area (Å²) in [6.07, 6.45) is 7.86. The van der Waals surface area contributed by atoms with E-state index in [1.165, 1.54) is 5.56 Å². The van der Waals surface area contributed by atoms with Crippen LogP contribution in [0, 0.1) is 5.41 Å². The maximum Gasteiger partial charge on any atom is 0.130 e. The fourth-order valence-electron chi connectivity index (χ4n) is 1.79. The van der Waals surface area contributed by atoms with E-state index in [0.29, 0.717) is 0 Å². The molecule has 0 aliphatic carbocycles. The smallest absolute Gasteiger partial charge is 0.130 e. The zero-order valence-corrected chi connectivity index (χ0v) is 10.1. The van der Waals surface area contributed by atoms with Gasteiger partial charge in [0, 0.05) is 5.41 Å². The lowest BCUT2D eigenvalue weighted by Gasteiger charge is -2.22. The summed E-state index contributed by atoms with van der Waals surface area (Å²) in [6.45, 7) is 4.15. The molecule has 1 aromatic rings. The molecule has 1 rings (SSSR count). The van der Waals surface area contributed by atoms with Gasteiger partial charge >= 0.3 is 0 Å². The molecule has 86 valence electrons. The fraction of sp³-hybridized carbons (Fsp3) is 0.400.